The molecule has 2 heterocycles. The van der Waals surface area contributed by atoms with Crippen molar-refractivity contribution < 1.29 is 9.90 Å². The maximum Gasteiger partial charge on any atom is 0.178 e. The van der Waals surface area contributed by atoms with E-state index in [1.807, 2.05) is 13.8 Å². The average molecular weight is 414 g/mol. The van der Waals surface area contributed by atoms with E-state index in [1.165, 1.54) is 22.7 Å². The van der Waals surface area contributed by atoms with Crippen LogP contribution < -0.4 is 0 Å². The smallest absolute Gasteiger partial charge is 0.178 e. The predicted molar refractivity (Wildman–Crippen MR) is 80.4 cm³/mol. The van der Waals surface area contributed by atoms with Gasteiger partial charge in [-0.2, -0.15) is 0 Å². The second-order valence-electron chi connectivity index (χ2n) is 3.13. The molecule has 2 rings (SSSR count). The molecule has 0 aromatic carbocycles. The fourth-order valence-corrected chi connectivity index (χ4v) is 3.38. The minimum absolute atomic E-state index is 0.0388. The Labute approximate surface area is 129 Å². The highest BCUT2D eigenvalue weighted by molar-refractivity contribution is 9.10. The fraction of sp³-hybridized carbons (Fsp3) is 0.300. The normalized spacial score (nSPS) is 9.83. The van der Waals surface area contributed by atoms with Crippen LogP contribution in [0.3, 0.4) is 0 Å². The summed E-state index contributed by atoms with van der Waals surface area (Å²) in [6.07, 6.45) is 0.752. The fourth-order valence-electron chi connectivity index (χ4n) is 0.945. The number of carbonyl (C=O) groups is 1. The summed E-state index contributed by atoms with van der Waals surface area (Å²) >= 11 is 9.34. The third kappa shape index (κ3) is 4.51. The Balaban J connectivity index is 0.000000180. The molecule has 0 aliphatic rings. The van der Waals surface area contributed by atoms with Crippen molar-refractivity contribution in [2.45, 2.75) is 20.5 Å². The number of aldehydes is 1. The van der Waals surface area contributed by atoms with Crippen LogP contribution in [0, 0.1) is 13.8 Å². The molecule has 0 unspecified atom stereocenters. The maximum absolute atomic E-state index is 10.1. The molecule has 18 heavy (non-hydrogen) atoms. The SMILES string of the molecule is Cc1sc(C=O)nc1Br.Cc1sc(CO)nc1Br. The highest BCUT2D eigenvalue weighted by atomic mass is 79.9. The molecule has 0 radical (unpaired) electrons. The van der Waals surface area contributed by atoms with Crippen molar-refractivity contribution in [1.82, 2.24) is 9.97 Å². The third-order valence-corrected chi connectivity index (χ3v) is 5.70. The maximum atomic E-state index is 10.1. The lowest BCUT2D eigenvalue weighted by molar-refractivity contribution is 0.112. The van der Waals surface area contributed by atoms with Gasteiger partial charge in [-0.1, -0.05) is 0 Å². The molecule has 0 fully saturated rings. The zero-order chi connectivity index (χ0) is 13.7. The molecule has 1 N–H and O–H groups in total. The second-order valence-corrected chi connectivity index (χ2v) is 7.15. The van der Waals surface area contributed by atoms with E-state index in [2.05, 4.69) is 41.8 Å². The summed E-state index contributed by atoms with van der Waals surface area (Å²) < 4.78 is 1.62. The molecule has 0 spiro atoms. The molecule has 0 amide bonds. The van der Waals surface area contributed by atoms with E-state index >= 15 is 0 Å². The number of rotatable bonds is 2. The Hall–Kier alpha value is -0.150. The average Bonchev–Trinajstić information content (AvgIpc) is 2.84. The molecule has 98 valence electrons. The molecule has 0 aliphatic carbocycles. The van der Waals surface area contributed by atoms with Crippen LogP contribution in [0.25, 0.3) is 0 Å². The molecule has 2 aromatic heterocycles. The van der Waals surface area contributed by atoms with E-state index in [9.17, 15) is 4.79 Å². The summed E-state index contributed by atoms with van der Waals surface area (Å²) in [4.78, 5) is 20.2. The Kier molecular flexibility index (Phi) is 6.58. The Bertz CT molecular complexity index is 501. The predicted octanol–water partition coefficient (Wildman–Crippen LogP) is 3.73. The van der Waals surface area contributed by atoms with Crippen molar-refractivity contribution in [2.75, 3.05) is 0 Å². The van der Waals surface area contributed by atoms with Crippen molar-refractivity contribution in [1.29, 1.82) is 0 Å². The van der Waals surface area contributed by atoms with E-state index in [1.54, 1.807) is 0 Å². The van der Waals surface area contributed by atoms with Crippen molar-refractivity contribution in [3.63, 3.8) is 0 Å². The quantitative estimate of drug-likeness (QED) is 0.761. The standard InChI is InChI=1S/C5H6BrNOS.C5H4BrNOS/c2*1-3-5(6)7-4(2-8)9-3/h8H,2H2,1H3;2H,1H3. The Morgan fingerprint density at radius 3 is 1.94 bits per heavy atom. The molecule has 8 heteroatoms. The first-order chi connectivity index (χ1) is 8.47. The highest BCUT2D eigenvalue weighted by Crippen LogP contribution is 2.21. The highest BCUT2D eigenvalue weighted by Gasteiger charge is 2.02. The number of aryl methyl sites for hydroxylation is 2. The van der Waals surface area contributed by atoms with Gasteiger partial charge in [0.05, 0.1) is 6.61 Å². The molecule has 0 aliphatic heterocycles. The first-order valence-electron chi connectivity index (χ1n) is 4.78. The lowest BCUT2D eigenvalue weighted by atomic mass is 10.6. The summed E-state index contributed by atoms with van der Waals surface area (Å²) in [6, 6.07) is 0. The van der Waals surface area contributed by atoms with Crippen molar-refractivity contribution in [2.24, 2.45) is 0 Å². The van der Waals surface area contributed by atoms with E-state index in [0.717, 1.165) is 30.3 Å². The lowest BCUT2D eigenvalue weighted by Crippen LogP contribution is -1.77. The first-order valence-corrected chi connectivity index (χ1v) is 8.00. The minimum atomic E-state index is 0.0388. The van der Waals surface area contributed by atoms with Crippen LogP contribution in [0.2, 0.25) is 0 Å². The van der Waals surface area contributed by atoms with Gasteiger partial charge in [-0.15, -0.1) is 22.7 Å². The van der Waals surface area contributed by atoms with Gasteiger partial charge < -0.3 is 5.11 Å². The number of hydrogen-bond acceptors (Lipinski definition) is 6. The summed E-state index contributed by atoms with van der Waals surface area (Å²) in [5.41, 5.74) is 0. The van der Waals surface area contributed by atoms with Crippen LogP contribution in [0.4, 0.5) is 0 Å². The van der Waals surface area contributed by atoms with Gasteiger partial charge in [0.2, 0.25) is 0 Å². The van der Waals surface area contributed by atoms with Crippen LogP contribution in [0.15, 0.2) is 9.21 Å². The van der Waals surface area contributed by atoms with Gasteiger partial charge in [-0.25, -0.2) is 9.97 Å². The number of halogens is 2. The van der Waals surface area contributed by atoms with Gasteiger partial charge in [0.15, 0.2) is 11.3 Å². The van der Waals surface area contributed by atoms with Gasteiger partial charge in [-0.3, -0.25) is 4.79 Å². The number of aromatic nitrogens is 2. The molecule has 4 nitrogen and oxygen atoms in total. The molecule has 2 aromatic rings. The van der Waals surface area contributed by atoms with E-state index in [0.29, 0.717) is 5.01 Å². The third-order valence-electron chi connectivity index (χ3n) is 1.78. The summed E-state index contributed by atoms with van der Waals surface area (Å²) in [5, 5.41) is 9.89. The number of aliphatic hydroxyl groups is 1. The topological polar surface area (TPSA) is 63.1 Å². The number of carbonyl (C=O) groups excluding carboxylic acids is 1. The largest absolute Gasteiger partial charge is 0.389 e. The zero-order valence-electron chi connectivity index (χ0n) is 9.61. The Morgan fingerprint density at radius 2 is 1.72 bits per heavy atom. The van der Waals surface area contributed by atoms with Gasteiger partial charge in [-0.05, 0) is 45.7 Å². The van der Waals surface area contributed by atoms with E-state index < -0.39 is 0 Å². The van der Waals surface area contributed by atoms with Crippen molar-refractivity contribution in [3.8, 4) is 0 Å². The van der Waals surface area contributed by atoms with Crippen LogP contribution >= 0.6 is 54.5 Å². The van der Waals surface area contributed by atoms with Crippen molar-refractivity contribution >= 4 is 60.8 Å². The van der Waals surface area contributed by atoms with E-state index in [-0.39, 0.29) is 6.61 Å². The number of aliphatic hydroxyl groups excluding tert-OH is 1. The molecule has 0 atom stereocenters. The minimum Gasteiger partial charge on any atom is -0.389 e. The van der Waals surface area contributed by atoms with Gasteiger partial charge in [0.1, 0.15) is 14.2 Å². The second kappa shape index (κ2) is 7.44. The molecule has 0 saturated carbocycles. The van der Waals surface area contributed by atoms with E-state index in [4.69, 9.17) is 5.11 Å². The monoisotopic (exact) mass is 412 g/mol. The van der Waals surface area contributed by atoms with Gasteiger partial charge in [0, 0.05) is 9.75 Å². The van der Waals surface area contributed by atoms with Crippen LogP contribution in [0.5, 0.6) is 0 Å². The number of hydrogen-bond donors (Lipinski definition) is 1. The molecular formula is C10H10Br2N2O2S2. The van der Waals surface area contributed by atoms with Gasteiger partial charge >= 0.3 is 0 Å². The summed E-state index contributed by atoms with van der Waals surface area (Å²) in [5.74, 6) is 0. The molecular weight excluding hydrogens is 404 g/mol. The molecule has 0 bridgehead atoms. The molecule has 0 saturated heterocycles. The van der Waals surface area contributed by atoms with Crippen LogP contribution in [-0.2, 0) is 6.61 Å². The summed E-state index contributed by atoms with van der Waals surface area (Å²) in [7, 11) is 0. The van der Waals surface area contributed by atoms with Crippen LogP contribution in [-0.4, -0.2) is 21.4 Å². The first kappa shape index (κ1) is 15.9. The Morgan fingerprint density at radius 1 is 1.17 bits per heavy atom. The number of nitrogens with zero attached hydrogens (tertiary/aromatic N) is 2. The zero-order valence-corrected chi connectivity index (χ0v) is 14.4. The lowest BCUT2D eigenvalue weighted by Gasteiger charge is -1.78. The van der Waals surface area contributed by atoms with Crippen molar-refractivity contribution in [3.05, 3.63) is 29.0 Å². The summed E-state index contributed by atoms with van der Waals surface area (Å²) in [6.45, 7) is 3.91. The van der Waals surface area contributed by atoms with Gasteiger partial charge in [0.25, 0.3) is 0 Å². The van der Waals surface area contributed by atoms with Crippen LogP contribution in [0.1, 0.15) is 24.6 Å². The number of thiazole rings is 2.